The predicted molar refractivity (Wildman–Crippen MR) is 55.6 cm³/mol. The number of alkyl halides is 1. The summed E-state index contributed by atoms with van der Waals surface area (Å²) < 4.78 is 5.68. The fourth-order valence-electron chi connectivity index (χ4n) is 0.772. The maximum Gasteiger partial charge on any atom is 0.407 e. The van der Waals surface area contributed by atoms with Crippen LogP contribution in [0.2, 0.25) is 0 Å². The highest BCUT2D eigenvalue weighted by atomic mass is 127. The summed E-state index contributed by atoms with van der Waals surface area (Å²) in [6, 6.07) is 0.334. The van der Waals surface area contributed by atoms with Crippen molar-refractivity contribution in [1.82, 2.24) is 5.32 Å². The van der Waals surface area contributed by atoms with Gasteiger partial charge in [0.05, 0.1) is 0 Å². The molecule has 0 unspecified atom stereocenters. The number of alkyl carbamates (subject to hydrolysis) is 1. The van der Waals surface area contributed by atoms with E-state index in [4.69, 9.17) is 4.74 Å². The van der Waals surface area contributed by atoms with Crippen molar-refractivity contribution in [1.29, 1.82) is 0 Å². The van der Waals surface area contributed by atoms with Crippen LogP contribution in [0.1, 0.15) is 27.2 Å². The van der Waals surface area contributed by atoms with Gasteiger partial charge in [-0.1, -0.05) is 22.6 Å². The number of carbonyl (C=O) groups excluding carboxylic acids is 1. The summed E-state index contributed by atoms with van der Waals surface area (Å²) in [7, 11) is 0. The number of hydrogen-bond donors (Lipinski definition) is 1. The van der Waals surface area contributed by atoms with Crippen LogP contribution >= 0.6 is 22.6 Å². The lowest BCUT2D eigenvalue weighted by atomic mass is 10.2. The van der Waals surface area contributed by atoms with Gasteiger partial charge in [-0.3, -0.25) is 0 Å². The van der Waals surface area contributed by atoms with Crippen molar-refractivity contribution in [2.45, 2.75) is 42.8 Å². The minimum atomic E-state index is -0.389. The first-order chi connectivity index (χ1) is 5.38. The Kier molecular flexibility index (Phi) is 2.85. The minimum absolute atomic E-state index is 0.299. The second-order valence-electron chi connectivity index (χ2n) is 4.00. The standard InChI is InChI=1S/C8H14INO2/c1-8(2,3)12-7(11)10-6-4-5(6)9/h5-6H,4H2,1-3H3,(H,10,11)/t5-,6-/m1/s1. The molecule has 3 nitrogen and oxygen atoms in total. The number of rotatable bonds is 1. The summed E-state index contributed by atoms with van der Waals surface area (Å²) in [5.74, 6) is 0. The average molecular weight is 283 g/mol. The van der Waals surface area contributed by atoms with Crippen molar-refractivity contribution >= 4 is 28.7 Å². The smallest absolute Gasteiger partial charge is 0.407 e. The molecular weight excluding hydrogens is 269 g/mol. The lowest BCUT2D eigenvalue weighted by Gasteiger charge is -2.19. The second kappa shape index (κ2) is 3.40. The van der Waals surface area contributed by atoms with Gasteiger partial charge in [-0.05, 0) is 27.2 Å². The van der Waals surface area contributed by atoms with Crippen molar-refractivity contribution in [3.63, 3.8) is 0 Å². The molecule has 1 amide bonds. The molecule has 0 aliphatic heterocycles. The zero-order chi connectivity index (χ0) is 9.35. The van der Waals surface area contributed by atoms with Crippen molar-refractivity contribution in [3.05, 3.63) is 0 Å². The first kappa shape index (κ1) is 10.1. The van der Waals surface area contributed by atoms with Crippen LogP contribution in [-0.4, -0.2) is 21.7 Å². The Labute approximate surface area is 86.4 Å². The highest BCUT2D eigenvalue weighted by Crippen LogP contribution is 2.30. The molecule has 0 bridgehead atoms. The summed E-state index contributed by atoms with van der Waals surface area (Å²) in [5.41, 5.74) is -0.389. The van der Waals surface area contributed by atoms with E-state index in [9.17, 15) is 4.79 Å². The Bertz CT molecular complexity index is 188. The Morgan fingerprint density at radius 2 is 2.08 bits per heavy atom. The Balaban J connectivity index is 2.21. The van der Waals surface area contributed by atoms with Gasteiger partial charge in [0.15, 0.2) is 0 Å². The number of hydrogen-bond acceptors (Lipinski definition) is 2. The van der Waals surface area contributed by atoms with E-state index < -0.39 is 0 Å². The first-order valence-corrected chi connectivity index (χ1v) is 5.26. The molecule has 1 rings (SSSR count). The SMILES string of the molecule is CC(C)(C)OC(=O)N[C@@H]1C[C@H]1I. The highest BCUT2D eigenvalue weighted by Gasteiger charge is 2.36. The molecule has 0 spiro atoms. The molecule has 0 aromatic carbocycles. The zero-order valence-corrected chi connectivity index (χ0v) is 9.71. The van der Waals surface area contributed by atoms with Gasteiger partial charge in [0, 0.05) is 9.97 Å². The third-order valence-corrected chi connectivity index (χ3v) is 2.79. The molecule has 0 heterocycles. The first-order valence-electron chi connectivity index (χ1n) is 4.02. The molecule has 1 aliphatic rings. The van der Waals surface area contributed by atoms with E-state index in [1.165, 1.54) is 0 Å². The normalized spacial score (nSPS) is 28.0. The zero-order valence-electron chi connectivity index (χ0n) is 7.56. The van der Waals surface area contributed by atoms with Gasteiger partial charge in [-0.25, -0.2) is 4.79 Å². The van der Waals surface area contributed by atoms with E-state index in [1.54, 1.807) is 0 Å². The maximum absolute atomic E-state index is 11.1. The third kappa shape index (κ3) is 3.60. The van der Waals surface area contributed by atoms with Crippen LogP contribution in [0, 0.1) is 0 Å². The van der Waals surface area contributed by atoms with Gasteiger partial charge in [-0.2, -0.15) is 0 Å². The average Bonchev–Trinajstić information content (AvgIpc) is 2.40. The Morgan fingerprint density at radius 1 is 1.58 bits per heavy atom. The summed E-state index contributed by atoms with van der Waals surface area (Å²) in [6.07, 6.45) is 0.770. The van der Waals surface area contributed by atoms with E-state index in [0.717, 1.165) is 6.42 Å². The van der Waals surface area contributed by atoms with E-state index >= 15 is 0 Å². The van der Waals surface area contributed by atoms with Gasteiger partial charge in [0.25, 0.3) is 0 Å². The van der Waals surface area contributed by atoms with Crippen LogP contribution in [0.4, 0.5) is 4.79 Å². The molecule has 0 aromatic rings. The number of ether oxygens (including phenoxy) is 1. The fourth-order valence-corrected chi connectivity index (χ4v) is 1.50. The van der Waals surface area contributed by atoms with Crippen molar-refractivity contribution in [3.8, 4) is 0 Å². The highest BCUT2D eigenvalue weighted by molar-refractivity contribution is 14.1. The molecule has 0 radical (unpaired) electrons. The van der Waals surface area contributed by atoms with Crippen molar-refractivity contribution in [2.75, 3.05) is 0 Å². The molecule has 1 saturated carbocycles. The van der Waals surface area contributed by atoms with Gasteiger partial charge in [0.1, 0.15) is 5.60 Å². The topological polar surface area (TPSA) is 38.3 Å². The predicted octanol–water partition coefficient (Wildman–Crippen LogP) is 2.09. The molecule has 0 saturated heterocycles. The molecule has 0 aromatic heterocycles. The lowest BCUT2D eigenvalue weighted by Crippen LogP contribution is -2.34. The molecular formula is C8H14INO2. The van der Waals surface area contributed by atoms with Crippen LogP contribution in [0.15, 0.2) is 0 Å². The van der Waals surface area contributed by atoms with E-state index in [1.807, 2.05) is 20.8 Å². The van der Waals surface area contributed by atoms with Gasteiger partial charge in [0.2, 0.25) is 0 Å². The van der Waals surface area contributed by atoms with E-state index in [0.29, 0.717) is 9.97 Å². The maximum atomic E-state index is 11.1. The number of halogens is 1. The fraction of sp³-hybridized carbons (Fsp3) is 0.875. The largest absolute Gasteiger partial charge is 0.444 e. The molecule has 2 atom stereocenters. The molecule has 1 aliphatic carbocycles. The van der Waals surface area contributed by atoms with Crippen LogP contribution in [0.25, 0.3) is 0 Å². The third-order valence-electron chi connectivity index (χ3n) is 1.41. The molecule has 4 heteroatoms. The molecule has 70 valence electrons. The Morgan fingerprint density at radius 3 is 2.42 bits per heavy atom. The van der Waals surface area contributed by atoms with Crippen LogP contribution in [0.5, 0.6) is 0 Å². The Hall–Kier alpha value is 0. The summed E-state index contributed by atoms with van der Waals surface area (Å²) in [6.45, 7) is 5.59. The monoisotopic (exact) mass is 283 g/mol. The minimum Gasteiger partial charge on any atom is -0.444 e. The lowest BCUT2D eigenvalue weighted by molar-refractivity contribution is 0.0524. The van der Waals surface area contributed by atoms with Gasteiger partial charge in [-0.15, -0.1) is 0 Å². The summed E-state index contributed by atoms with van der Waals surface area (Å²) in [4.78, 5) is 11.1. The number of carbonyl (C=O) groups is 1. The second-order valence-corrected chi connectivity index (χ2v) is 5.60. The van der Waals surface area contributed by atoms with E-state index in [-0.39, 0.29) is 11.7 Å². The van der Waals surface area contributed by atoms with Crippen LogP contribution < -0.4 is 5.32 Å². The van der Waals surface area contributed by atoms with Gasteiger partial charge < -0.3 is 10.1 Å². The van der Waals surface area contributed by atoms with E-state index in [2.05, 4.69) is 27.9 Å². The quantitative estimate of drug-likeness (QED) is 0.591. The van der Waals surface area contributed by atoms with Crippen molar-refractivity contribution < 1.29 is 9.53 Å². The van der Waals surface area contributed by atoms with Crippen LogP contribution in [-0.2, 0) is 4.74 Å². The molecule has 12 heavy (non-hydrogen) atoms. The number of nitrogens with one attached hydrogen (secondary N) is 1. The molecule has 1 N–H and O–H groups in total. The summed E-state index contributed by atoms with van der Waals surface area (Å²) >= 11 is 2.32. The van der Waals surface area contributed by atoms with Gasteiger partial charge >= 0.3 is 6.09 Å². The molecule has 1 fully saturated rings. The van der Waals surface area contributed by atoms with Crippen molar-refractivity contribution in [2.24, 2.45) is 0 Å². The van der Waals surface area contributed by atoms with Crippen LogP contribution in [0.3, 0.4) is 0 Å². The number of amides is 1. The summed E-state index contributed by atoms with van der Waals surface area (Å²) in [5, 5.41) is 2.79.